The molecule has 1 N–H and O–H groups in total. The van der Waals surface area contributed by atoms with E-state index in [4.69, 9.17) is 15.4 Å². The third-order valence-electron chi connectivity index (χ3n) is 11.0. The first-order chi connectivity index (χ1) is 27.7. The first kappa shape index (κ1) is 33.2. The molecule has 0 saturated carbocycles. The quantitative estimate of drug-likeness (QED) is 0.132. The molecular formula is C52H36N4. The van der Waals surface area contributed by atoms with Crippen molar-refractivity contribution in [3.05, 3.63) is 245 Å². The highest BCUT2D eigenvalue weighted by atomic mass is 15.0. The average molecular weight is 717 g/mol. The average Bonchev–Trinajstić information content (AvgIpc) is 3.77. The van der Waals surface area contributed by atoms with Crippen LogP contribution >= 0.6 is 0 Å². The van der Waals surface area contributed by atoms with Crippen molar-refractivity contribution in [1.29, 1.82) is 5.41 Å². The van der Waals surface area contributed by atoms with Crippen molar-refractivity contribution in [1.82, 2.24) is 4.57 Å². The Labute approximate surface area is 325 Å². The third-order valence-corrected chi connectivity index (χ3v) is 11.0. The second-order valence-corrected chi connectivity index (χ2v) is 14.1. The molecule has 1 aromatic heterocycles. The highest BCUT2D eigenvalue weighted by Gasteiger charge is 2.48. The van der Waals surface area contributed by atoms with E-state index in [-0.39, 0.29) is 5.84 Å². The van der Waals surface area contributed by atoms with Gasteiger partial charge in [0.1, 0.15) is 0 Å². The summed E-state index contributed by atoms with van der Waals surface area (Å²) in [5.41, 5.74) is 12.8. The molecule has 1 aliphatic rings. The van der Waals surface area contributed by atoms with Gasteiger partial charge in [0.15, 0.2) is 11.7 Å². The molecule has 0 spiro atoms. The van der Waals surface area contributed by atoms with Gasteiger partial charge in [-0.1, -0.05) is 188 Å². The predicted molar refractivity (Wildman–Crippen MR) is 232 cm³/mol. The van der Waals surface area contributed by atoms with Crippen LogP contribution in [0.2, 0.25) is 0 Å². The van der Waals surface area contributed by atoms with Gasteiger partial charge in [0.05, 0.1) is 16.4 Å². The van der Waals surface area contributed by atoms with Gasteiger partial charge < -0.3 is 4.57 Å². The van der Waals surface area contributed by atoms with Gasteiger partial charge in [-0.25, -0.2) is 9.98 Å². The minimum atomic E-state index is -0.566. The van der Waals surface area contributed by atoms with Crippen LogP contribution < -0.4 is 0 Å². The van der Waals surface area contributed by atoms with E-state index in [1.54, 1.807) is 0 Å². The maximum atomic E-state index is 8.78. The fourth-order valence-corrected chi connectivity index (χ4v) is 8.65. The molecule has 1 heterocycles. The lowest BCUT2D eigenvalue weighted by atomic mass is 9.67. The summed E-state index contributed by atoms with van der Waals surface area (Å²) in [6.07, 6.45) is 1.86. The highest BCUT2D eigenvalue weighted by Crippen LogP contribution is 2.59. The van der Waals surface area contributed by atoms with E-state index in [1.165, 1.54) is 49.7 Å². The van der Waals surface area contributed by atoms with Crippen LogP contribution in [-0.2, 0) is 5.41 Å². The molecule has 264 valence electrons. The second-order valence-electron chi connectivity index (χ2n) is 14.1. The van der Waals surface area contributed by atoms with E-state index in [1.807, 2.05) is 66.9 Å². The standard InChI is InChI=1S/C52H36N4/c53-50(37-19-5-1-6-20-37)55-51(38-21-7-2-8-22-38)54-35-36-18-17-27-41(34-36)56-47-31-16-14-29-43(47)45-33-32-44-42-28-13-15-30-46(42)52(48(44)49(45)56,39-23-9-3-10-24-39)40-25-11-4-12-26-40/h1-35,53H/b53-50?,54-35+,55-51-. The Morgan fingerprint density at radius 3 is 1.84 bits per heavy atom. The predicted octanol–water partition coefficient (Wildman–Crippen LogP) is 12.0. The molecule has 0 unspecified atom stereocenters. The number of para-hydroxylation sites is 1. The highest BCUT2D eigenvalue weighted by molar-refractivity contribution is 6.15. The maximum absolute atomic E-state index is 8.78. The molecule has 4 nitrogen and oxygen atoms in total. The molecule has 0 bridgehead atoms. The molecule has 0 fully saturated rings. The molecule has 10 rings (SSSR count). The van der Waals surface area contributed by atoms with Crippen molar-refractivity contribution in [3.63, 3.8) is 0 Å². The molecule has 0 amide bonds. The Kier molecular flexibility index (Phi) is 8.15. The fraction of sp³-hybridized carbons (Fsp3) is 0.0192. The Bertz CT molecular complexity index is 2920. The van der Waals surface area contributed by atoms with Gasteiger partial charge in [-0.05, 0) is 51.6 Å². The SMILES string of the molecule is N=C(/N=C(\N=C\c1cccc(-n2c3ccccc3c3ccc4c(c32)C(c2ccccc2)(c2ccccc2)c2ccccc2-4)c1)c1ccccc1)c1ccccc1. The number of rotatable bonds is 6. The van der Waals surface area contributed by atoms with E-state index in [9.17, 15) is 0 Å². The van der Waals surface area contributed by atoms with Crippen molar-refractivity contribution in [2.45, 2.75) is 5.41 Å². The van der Waals surface area contributed by atoms with Gasteiger partial charge in [0.2, 0.25) is 0 Å². The number of hydrogen-bond donors (Lipinski definition) is 1. The summed E-state index contributed by atoms with van der Waals surface area (Å²) in [7, 11) is 0. The van der Waals surface area contributed by atoms with Crippen LogP contribution in [0, 0.1) is 5.41 Å². The van der Waals surface area contributed by atoms with Crippen LogP contribution in [0.4, 0.5) is 0 Å². The maximum Gasteiger partial charge on any atom is 0.161 e. The van der Waals surface area contributed by atoms with E-state index >= 15 is 0 Å². The number of nitrogens with zero attached hydrogens (tertiary/aromatic N) is 3. The fourth-order valence-electron chi connectivity index (χ4n) is 8.65. The first-order valence-electron chi connectivity index (χ1n) is 18.9. The molecule has 0 atom stereocenters. The molecule has 0 aliphatic heterocycles. The van der Waals surface area contributed by atoms with Crippen molar-refractivity contribution in [2.75, 3.05) is 0 Å². The van der Waals surface area contributed by atoms with Crippen LogP contribution in [0.5, 0.6) is 0 Å². The van der Waals surface area contributed by atoms with Crippen LogP contribution in [0.3, 0.4) is 0 Å². The number of fused-ring (bicyclic) bond motifs is 7. The summed E-state index contributed by atoms with van der Waals surface area (Å²) in [5.74, 6) is 0.642. The summed E-state index contributed by atoms with van der Waals surface area (Å²) in [6.45, 7) is 0. The molecule has 8 aromatic carbocycles. The first-order valence-corrected chi connectivity index (χ1v) is 18.9. The van der Waals surface area contributed by atoms with E-state index in [2.05, 4.69) is 150 Å². The van der Waals surface area contributed by atoms with E-state index in [0.717, 1.165) is 27.9 Å². The summed E-state index contributed by atoms with van der Waals surface area (Å²) < 4.78 is 2.45. The van der Waals surface area contributed by atoms with Crippen molar-refractivity contribution >= 4 is 39.7 Å². The van der Waals surface area contributed by atoms with Crippen LogP contribution in [-0.4, -0.2) is 22.5 Å². The zero-order valence-electron chi connectivity index (χ0n) is 30.5. The monoisotopic (exact) mass is 716 g/mol. The van der Waals surface area contributed by atoms with Gasteiger partial charge >= 0.3 is 0 Å². The molecule has 1 aliphatic carbocycles. The Morgan fingerprint density at radius 2 is 1.12 bits per heavy atom. The number of hydrogen-bond acceptors (Lipinski definition) is 1. The summed E-state index contributed by atoms with van der Waals surface area (Å²) >= 11 is 0. The topological polar surface area (TPSA) is 53.5 Å². The zero-order chi connectivity index (χ0) is 37.5. The Hall–Kier alpha value is -7.43. The van der Waals surface area contributed by atoms with Crippen molar-refractivity contribution in [3.8, 4) is 16.8 Å². The van der Waals surface area contributed by atoms with E-state index < -0.39 is 5.41 Å². The Morgan fingerprint density at radius 1 is 0.518 bits per heavy atom. The van der Waals surface area contributed by atoms with Crippen LogP contribution in [0.25, 0.3) is 38.6 Å². The summed E-state index contributed by atoms with van der Waals surface area (Å²) in [6, 6.07) is 72.3. The molecule has 4 heteroatoms. The normalized spacial score (nSPS) is 13.2. The minimum absolute atomic E-state index is 0.163. The van der Waals surface area contributed by atoms with Gasteiger partial charge in [-0.2, -0.15) is 0 Å². The number of aromatic nitrogens is 1. The molecular weight excluding hydrogens is 681 g/mol. The number of amidine groups is 2. The van der Waals surface area contributed by atoms with Gasteiger partial charge in [0.25, 0.3) is 0 Å². The van der Waals surface area contributed by atoms with Crippen LogP contribution in [0.15, 0.2) is 216 Å². The number of nitrogens with one attached hydrogen (secondary N) is 1. The third kappa shape index (κ3) is 5.34. The molecule has 56 heavy (non-hydrogen) atoms. The lowest BCUT2D eigenvalue weighted by molar-refractivity contribution is 0.772. The number of benzene rings is 8. The van der Waals surface area contributed by atoms with Crippen molar-refractivity contribution < 1.29 is 0 Å². The van der Waals surface area contributed by atoms with Crippen LogP contribution in [0.1, 0.15) is 38.9 Å². The van der Waals surface area contributed by atoms with E-state index in [0.29, 0.717) is 5.84 Å². The molecule has 0 saturated heterocycles. The number of aliphatic imine (C=N–C) groups is 2. The largest absolute Gasteiger partial charge is 0.309 e. The molecule has 0 radical (unpaired) electrons. The lowest BCUT2D eigenvalue weighted by Gasteiger charge is -2.34. The zero-order valence-corrected chi connectivity index (χ0v) is 30.5. The van der Waals surface area contributed by atoms with Gasteiger partial charge in [-0.3, -0.25) is 5.41 Å². The lowest BCUT2D eigenvalue weighted by Crippen LogP contribution is -2.29. The minimum Gasteiger partial charge on any atom is -0.309 e. The smallest absolute Gasteiger partial charge is 0.161 e. The van der Waals surface area contributed by atoms with Gasteiger partial charge in [0, 0.05) is 39.4 Å². The summed E-state index contributed by atoms with van der Waals surface area (Å²) in [5, 5.41) is 11.2. The second kappa shape index (κ2) is 13.8. The molecule has 9 aromatic rings. The Balaban J connectivity index is 1.21. The summed E-state index contributed by atoms with van der Waals surface area (Å²) in [4.78, 5) is 9.65. The van der Waals surface area contributed by atoms with Crippen molar-refractivity contribution in [2.24, 2.45) is 9.98 Å². The van der Waals surface area contributed by atoms with Gasteiger partial charge in [-0.15, -0.1) is 0 Å².